The molecule has 13 nitrogen and oxygen atoms in total. The molecular weight excluding hydrogens is 570 g/mol. The van der Waals surface area contributed by atoms with Crippen molar-refractivity contribution in [3.05, 3.63) is 35.4 Å². The van der Waals surface area contributed by atoms with Crippen molar-refractivity contribution in [3.63, 3.8) is 0 Å². The van der Waals surface area contributed by atoms with E-state index in [1.54, 1.807) is 20.8 Å². The maximum absolute atomic E-state index is 14.3. The van der Waals surface area contributed by atoms with Gasteiger partial charge in [-0.05, 0) is 72.8 Å². The summed E-state index contributed by atoms with van der Waals surface area (Å²) in [5, 5.41) is 25.6. The third-order valence-corrected chi connectivity index (χ3v) is 8.11. The van der Waals surface area contributed by atoms with Gasteiger partial charge in [-0.2, -0.15) is 0 Å². The van der Waals surface area contributed by atoms with Crippen LogP contribution < -0.4 is 16.4 Å². The van der Waals surface area contributed by atoms with Gasteiger partial charge >= 0.3 is 6.09 Å². The molecule has 6 N–H and O–H groups in total. The molecule has 0 aromatic heterocycles. The number of nitrogens with two attached hydrogens (primary N) is 1. The highest BCUT2D eigenvalue weighted by molar-refractivity contribution is 5.98. The largest absolute Gasteiger partial charge is 0.444 e. The topological polar surface area (TPSA) is 192 Å². The van der Waals surface area contributed by atoms with Crippen molar-refractivity contribution in [2.75, 3.05) is 13.1 Å². The number of primary amides is 1. The maximum atomic E-state index is 14.3. The first-order valence-electron chi connectivity index (χ1n) is 15.1. The second kappa shape index (κ2) is 13.9. The van der Waals surface area contributed by atoms with Gasteiger partial charge in [0.25, 0.3) is 0 Å². The Hall–Kier alpha value is -3.71. The van der Waals surface area contributed by atoms with Crippen LogP contribution >= 0.6 is 0 Å². The highest BCUT2D eigenvalue weighted by Gasteiger charge is 2.53. The zero-order chi connectivity index (χ0) is 33.0. The SMILES string of the molecule is Cc1ccc(CC2(C(=O)NC(C(N)=O)[C@@H](C)O)CCCN2C(=O)[C@@H]2CCCN2C(=O)C(NC(=O)OC(C)(C)C)C(C)O)cc1. The second-order valence-electron chi connectivity index (χ2n) is 12.9. The number of hydrogen-bond donors (Lipinski definition) is 5. The fourth-order valence-corrected chi connectivity index (χ4v) is 5.92. The van der Waals surface area contributed by atoms with Crippen molar-refractivity contribution < 1.29 is 38.9 Å². The first-order valence-corrected chi connectivity index (χ1v) is 15.1. The van der Waals surface area contributed by atoms with Crippen molar-refractivity contribution >= 4 is 29.7 Å². The molecule has 0 aliphatic carbocycles. The van der Waals surface area contributed by atoms with Crippen LogP contribution in [0.15, 0.2) is 24.3 Å². The number of aryl methyl sites for hydroxylation is 1. The number of nitrogens with one attached hydrogen (secondary N) is 2. The van der Waals surface area contributed by atoms with Crippen LogP contribution in [0.4, 0.5) is 4.79 Å². The number of aliphatic hydroxyl groups is 2. The zero-order valence-corrected chi connectivity index (χ0v) is 26.5. The molecule has 0 saturated carbocycles. The van der Waals surface area contributed by atoms with Gasteiger partial charge < -0.3 is 41.1 Å². The van der Waals surface area contributed by atoms with E-state index in [0.717, 1.165) is 11.1 Å². The predicted molar refractivity (Wildman–Crippen MR) is 161 cm³/mol. The molecule has 4 unspecified atom stereocenters. The molecule has 0 bridgehead atoms. The zero-order valence-electron chi connectivity index (χ0n) is 26.5. The van der Waals surface area contributed by atoms with E-state index in [1.807, 2.05) is 31.2 Å². The van der Waals surface area contributed by atoms with Crippen LogP contribution in [0.5, 0.6) is 0 Å². The molecule has 6 atom stereocenters. The van der Waals surface area contributed by atoms with Gasteiger partial charge in [0.05, 0.1) is 12.2 Å². The van der Waals surface area contributed by atoms with Crippen LogP contribution in [-0.2, 0) is 30.3 Å². The molecule has 0 spiro atoms. The number of rotatable bonds is 10. The number of benzene rings is 1. The summed E-state index contributed by atoms with van der Waals surface area (Å²) in [5.74, 6) is -2.64. The molecule has 0 radical (unpaired) electrons. The lowest BCUT2D eigenvalue weighted by molar-refractivity contribution is -0.153. The predicted octanol–water partition coefficient (Wildman–Crippen LogP) is 0.515. The van der Waals surface area contributed by atoms with Crippen molar-refractivity contribution in [2.45, 2.75) is 115 Å². The van der Waals surface area contributed by atoms with E-state index in [0.29, 0.717) is 19.3 Å². The minimum Gasteiger partial charge on any atom is -0.444 e. The summed E-state index contributed by atoms with van der Waals surface area (Å²) in [4.78, 5) is 69.4. The molecule has 244 valence electrons. The first-order chi connectivity index (χ1) is 20.5. The summed E-state index contributed by atoms with van der Waals surface area (Å²) in [6.07, 6.45) is -1.72. The van der Waals surface area contributed by atoms with E-state index < -0.39 is 71.2 Å². The second-order valence-corrected chi connectivity index (χ2v) is 12.9. The van der Waals surface area contributed by atoms with Crippen molar-refractivity contribution in [3.8, 4) is 0 Å². The van der Waals surface area contributed by atoms with Gasteiger partial charge in [0.15, 0.2) is 0 Å². The van der Waals surface area contributed by atoms with Crippen molar-refractivity contribution in [2.24, 2.45) is 5.73 Å². The Morgan fingerprint density at radius 1 is 1.00 bits per heavy atom. The molecule has 44 heavy (non-hydrogen) atoms. The number of likely N-dealkylation sites (tertiary alicyclic amines) is 2. The number of alkyl carbamates (subject to hydrolysis) is 1. The van der Waals surface area contributed by atoms with Gasteiger partial charge in [0, 0.05) is 19.5 Å². The Morgan fingerprint density at radius 2 is 1.61 bits per heavy atom. The van der Waals surface area contributed by atoms with Crippen molar-refractivity contribution in [1.82, 2.24) is 20.4 Å². The number of carbonyl (C=O) groups excluding carboxylic acids is 5. The molecule has 1 aromatic rings. The molecule has 2 heterocycles. The Morgan fingerprint density at radius 3 is 2.16 bits per heavy atom. The van der Waals surface area contributed by atoms with Crippen LogP contribution in [0.25, 0.3) is 0 Å². The third-order valence-electron chi connectivity index (χ3n) is 8.11. The Balaban J connectivity index is 1.94. The third kappa shape index (κ3) is 8.06. The minimum atomic E-state index is -1.43. The fourth-order valence-electron chi connectivity index (χ4n) is 5.92. The van der Waals surface area contributed by atoms with E-state index in [9.17, 15) is 34.2 Å². The summed E-state index contributed by atoms with van der Waals surface area (Å²) in [6, 6.07) is 3.85. The number of amides is 5. The molecule has 5 amide bonds. The molecule has 2 fully saturated rings. The Labute approximate surface area is 258 Å². The van der Waals surface area contributed by atoms with E-state index in [2.05, 4.69) is 10.6 Å². The lowest BCUT2D eigenvalue weighted by atomic mass is 9.85. The van der Waals surface area contributed by atoms with Crippen molar-refractivity contribution in [1.29, 1.82) is 0 Å². The average molecular weight is 618 g/mol. The lowest BCUT2D eigenvalue weighted by Gasteiger charge is -2.41. The molecule has 13 heteroatoms. The van der Waals surface area contributed by atoms with Gasteiger partial charge in [-0.3, -0.25) is 19.2 Å². The monoisotopic (exact) mass is 617 g/mol. The van der Waals surface area contributed by atoms with Gasteiger partial charge in [0.2, 0.25) is 23.6 Å². The van der Waals surface area contributed by atoms with Crippen LogP contribution in [0, 0.1) is 6.92 Å². The smallest absolute Gasteiger partial charge is 0.408 e. The Kier molecular flexibility index (Phi) is 11.0. The molecule has 1 aromatic carbocycles. The maximum Gasteiger partial charge on any atom is 0.408 e. The van der Waals surface area contributed by atoms with Gasteiger partial charge in [-0.25, -0.2) is 4.79 Å². The van der Waals surface area contributed by atoms with Gasteiger partial charge in [0.1, 0.15) is 29.3 Å². The Bertz CT molecular complexity index is 1230. The molecule has 3 rings (SSSR count). The lowest BCUT2D eigenvalue weighted by Crippen LogP contribution is -2.65. The average Bonchev–Trinajstić information content (AvgIpc) is 3.57. The number of nitrogens with zero attached hydrogens (tertiary/aromatic N) is 2. The summed E-state index contributed by atoms with van der Waals surface area (Å²) in [6.45, 7) is 10.1. The molecule has 2 aliphatic heterocycles. The van der Waals surface area contributed by atoms with E-state index in [4.69, 9.17) is 10.5 Å². The van der Waals surface area contributed by atoms with Crippen LogP contribution in [-0.4, -0.2) is 104 Å². The van der Waals surface area contributed by atoms with Crippen LogP contribution in [0.2, 0.25) is 0 Å². The molecule has 2 saturated heterocycles. The highest BCUT2D eigenvalue weighted by atomic mass is 16.6. The van der Waals surface area contributed by atoms with E-state index in [-0.39, 0.29) is 25.9 Å². The van der Waals surface area contributed by atoms with Gasteiger partial charge in [-0.1, -0.05) is 29.8 Å². The van der Waals surface area contributed by atoms with Crippen LogP contribution in [0.1, 0.15) is 71.4 Å². The summed E-state index contributed by atoms with van der Waals surface area (Å²) < 4.78 is 5.27. The number of hydrogen-bond acceptors (Lipinski definition) is 8. The summed E-state index contributed by atoms with van der Waals surface area (Å²) in [7, 11) is 0. The number of carbonyl (C=O) groups is 5. The number of ether oxygens (including phenoxy) is 1. The highest BCUT2D eigenvalue weighted by Crippen LogP contribution is 2.36. The van der Waals surface area contributed by atoms with E-state index >= 15 is 0 Å². The number of aliphatic hydroxyl groups excluding tert-OH is 2. The van der Waals surface area contributed by atoms with Gasteiger partial charge in [-0.15, -0.1) is 0 Å². The standard InChI is InChI=1S/C31H47N5O8/c1-18-10-12-21(13-11-18)17-31(28(42)33-23(19(2)37)25(32)39)14-8-16-36(31)26(40)22-9-7-15-35(22)27(41)24(20(3)38)34-29(43)44-30(4,5)6/h10-13,19-20,22-24,37-38H,7-9,14-17H2,1-6H3,(H2,32,39)(H,33,42)(H,34,43)/t19-,20?,22+,23?,24?,31?/m1/s1. The quantitative estimate of drug-likeness (QED) is 0.251. The molecule has 2 aliphatic rings. The minimum absolute atomic E-state index is 0.132. The normalized spacial score (nSPS) is 23.0. The van der Waals surface area contributed by atoms with E-state index in [1.165, 1.54) is 23.6 Å². The summed E-state index contributed by atoms with van der Waals surface area (Å²) in [5.41, 5.74) is 5.01. The van der Waals surface area contributed by atoms with Crippen LogP contribution in [0.3, 0.4) is 0 Å². The fraction of sp³-hybridized carbons (Fsp3) is 0.645. The summed E-state index contributed by atoms with van der Waals surface area (Å²) >= 11 is 0. The first kappa shape index (κ1) is 34.8. The molecular formula is C31H47N5O8.